The van der Waals surface area contributed by atoms with Gasteiger partial charge in [0.25, 0.3) is 0 Å². The van der Waals surface area contributed by atoms with E-state index in [0.29, 0.717) is 12.1 Å². The van der Waals surface area contributed by atoms with E-state index < -0.39 is 40.3 Å². The molecule has 0 bridgehead atoms. The summed E-state index contributed by atoms with van der Waals surface area (Å²) in [6.07, 6.45) is -18.0. The molecular formula is C9H4F10N2. The molecule has 0 aliphatic heterocycles. The van der Waals surface area contributed by atoms with Gasteiger partial charge in [0, 0.05) is 0 Å². The van der Waals surface area contributed by atoms with Gasteiger partial charge in [0.15, 0.2) is 0 Å². The lowest BCUT2D eigenvalue weighted by atomic mass is 10.2. The molecule has 0 unspecified atom stereocenters. The second-order valence-electron chi connectivity index (χ2n) is 3.51. The van der Waals surface area contributed by atoms with E-state index in [1.807, 2.05) is 0 Å². The van der Waals surface area contributed by atoms with Gasteiger partial charge in [-0.25, -0.2) is 0 Å². The van der Waals surface area contributed by atoms with Crippen LogP contribution in [0.15, 0.2) is 24.3 Å². The quantitative estimate of drug-likeness (QED) is 0.439. The average molecular weight is 330 g/mol. The van der Waals surface area contributed by atoms with Crippen molar-refractivity contribution in [2.45, 2.75) is 18.9 Å². The summed E-state index contributed by atoms with van der Waals surface area (Å²) in [6.45, 7) is 0. The van der Waals surface area contributed by atoms with E-state index in [2.05, 4.69) is 0 Å². The van der Waals surface area contributed by atoms with Crippen molar-refractivity contribution in [3.05, 3.63) is 24.3 Å². The SMILES string of the molecule is FN(c1ccccc1N(C(F)(F)F)C(F)(F)F)C(F)(F)F. The first kappa shape index (κ1) is 17.2. The van der Waals surface area contributed by atoms with E-state index in [4.69, 9.17) is 0 Å². The van der Waals surface area contributed by atoms with E-state index >= 15 is 0 Å². The Bertz CT molecular complexity index is 475. The number of anilines is 2. The summed E-state index contributed by atoms with van der Waals surface area (Å²) in [4.78, 5) is -2.21. The molecule has 1 aromatic carbocycles. The Morgan fingerprint density at radius 3 is 1.33 bits per heavy atom. The number of hydrogen-bond donors (Lipinski definition) is 0. The highest BCUT2D eigenvalue weighted by Crippen LogP contribution is 2.44. The zero-order valence-electron chi connectivity index (χ0n) is 9.48. The smallest absolute Gasteiger partial charge is 0.191 e. The maximum absolute atomic E-state index is 13.0. The first-order chi connectivity index (χ1) is 9.26. The normalized spacial score (nSPS) is 13.2. The predicted octanol–water partition coefficient (Wildman–Crippen LogP) is 4.74. The summed E-state index contributed by atoms with van der Waals surface area (Å²) in [7, 11) is 0. The number of halogens is 10. The van der Waals surface area contributed by atoms with Gasteiger partial charge < -0.3 is 0 Å². The Balaban J connectivity index is 3.48. The Kier molecular flexibility index (Phi) is 4.21. The molecule has 2 nitrogen and oxygen atoms in total. The molecule has 0 spiro atoms. The van der Waals surface area contributed by atoms with Crippen LogP contribution in [0, 0.1) is 0 Å². The van der Waals surface area contributed by atoms with E-state index in [-0.39, 0.29) is 12.1 Å². The first-order valence-electron chi connectivity index (χ1n) is 4.82. The van der Waals surface area contributed by atoms with Crippen molar-refractivity contribution in [2.75, 3.05) is 10.0 Å². The molecule has 0 aromatic heterocycles. The van der Waals surface area contributed by atoms with Gasteiger partial charge in [0.05, 0.1) is 5.69 Å². The van der Waals surface area contributed by atoms with Gasteiger partial charge in [-0.3, -0.25) is 0 Å². The summed E-state index contributed by atoms with van der Waals surface area (Å²) in [6, 6.07) is 1.46. The second-order valence-corrected chi connectivity index (χ2v) is 3.51. The molecule has 0 heterocycles. The van der Waals surface area contributed by atoms with Crippen LogP contribution < -0.4 is 10.0 Å². The minimum absolute atomic E-state index is 0.0641. The number of alkyl halides is 9. The number of rotatable bonds is 2. The van der Waals surface area contributed by atoms with Gasteiger partial charge in [0.2, 0.25) is 0 Å². The number of nitrogens with zero attached hydrogens (tertiary/aromatic N) is 2. The number of hydrogen-bond acceptors (Lipinski definition) is 2. The summed E-state index contributed by atoms with van der Waals surface area (Å²) in [5.74, 6) is 0. The Morgan fingerprint density at radius 2 is 1.00 bits per heavy atom. The predicted molar refractivity (Wildman–Crippen MR) is 50.7 cm³/mol. The van der Waals surface area contributed by atoms with E-state index in [0.717, 1.165) is 0 Å². The van der Waals surface area contributed by atoms with Gasteiger partial charge in [0.1, 0.15) is 5.69 Å². The third-order valence-electron chi connectivity index (χ3n) is 2.06. The van der Waals surface area contributed by atoms with Crippen LogP contribution in [0.5, 0.6) is 0 Å². The largest absolute Gasteiger partial charge is 0.512 e. The van der Waals surface area contributed by atoms with Crippen LogP contribution in [-0.2, 0) is 0 Å². The van der Waals surface area contributed by atoms with Gasteiger partial charge in [-0.1, -0.05) is 16.6 Å². The van der Waals surface area contributed by atoms with Crippen molar-refractivity contribution < 1.29 is 44.0 Å². The maximum atomic E-state index is 13.0. The molecule has 1 aromatic rings. The Labute approximate surface area is 110 Å². The van der Waals surface area contributed by atoms with Crippen molar-refractivity contribution in [1.29, 1.82) is 0 Å². The fourth-order valence-corrected chi connectivity index (χ4v) is 1.37. The van der Waals surface area contributed by atoms with Crippen molar-refractivity contribution >= 4 is 11.4 Å². The molecule has 0 saturated carbocycles. The Hall–Kier alpha value is -1.88. The van der Waals surface area contributed by atoms with Crippen molar-refractivity contribution in [2.24, 2.45) is 0 Å². The lowest BCUT2D eigenvalue weighted by molar-refractivity contribution is -0.227. The van der Waals surface area contributed by atoms with Crippen LogP contribution >= 0.6 is 0 Å². The molecule has 120 valence electrons. The number of para-hydroxylation sites is 2. The summed E-state index contributed by atoms with van der Waals surface area (Å²) in [5, 5.41) is -2.13. The van der Waals surface area contributed by atoms with E-state index in [1.165, 1.54) is 0 Å². The zero-order chi connectivity index (χ0) is 16.6. The molecule has 0 amide bonds. The molecular weight excluding hydrogens is 326 g/mol. The van der Waals surface area contributed by atoms with Gasteiger partial charge in [-0.05, 0) is 12.1 Å². The summed E-state index contributed by atoms with van der Waals surface area (Å²) < 4.78 is 124. The molecule has 0 fully saturated rings. The zero-order valence-corrected chi connectivity index (χ0v) is 9.48. The highest BCUT2D eigenvalue weighted by molar-refractivity contribution is 5.71. The minimum atomic E-state index is -6.10. The molecule has 0 aliphatic carbocycles. The monoisotopic (exact) mass is 330 g/mol. The van der Waals surface area contributed by atoms with E-state index in [9.17, 15) is 44.0 Å². The first-order valence-corrected chi connectivity index (χ1v) is 4.82. The van der Waals surface area contributed by atoms with Gasteiger partial charge in [-0.15, -0.1) is 44.6 Å². The van der Waals surface area contributed by atoms with Crippen molar-refractivity contribution in [3.63, 3.8) is 0 Å². The van der Waals surface area contributed by atoms with Crippen LogP contribution in [0.1, 0.15) is 0 Å². The molecule has 1 rings (SSSR count). The molecule has 0 saturated heterocycles. The maximum Gasteiger partial charge on any atom is 0.512 e. The lowest BCUT2D eigenvalue weighted by Crippen LogP contribution is -2.49. The summed E-state index contributed by atoms with van der Waals surface area (Å²) >= 11 is 0. The molecule has 0 atom stereocenters. The summed E-state index contributed by atoms with van der Waals surface area (Å²) in [5.41, 5.74) is -3.99. The van der Waals surface area contributed by atoms with E-state index in [1.54, 1.807) is 0 Å². The topological polar surface area (TPSA) is 6.48 Å². The van der Waals surface area contributed by atoms with Crippen molar-refractivity contribution in [3.8, 4) is 0 Å². The molecule has 0 radical (unpaired) electrons. The fourth-order valence-electron chi connectivity index (χ4n) is 1.37. The van der Waals surface area contributed by atoms with Crippen LogP contribution in [0.2, 0.25) is 0 Å². The van der Waals surface area contributed by atoms with Crippen LogP contribution in [0.3, 0.4) is 0 Å². The molecule has 0 N–H and O–H groups in total. The fraction of sp³-hybridized carbons (Fsp3) is 0.333. The minimum Gasteiger partial charge on any atom is -0.191 e. The second kappa shape index (κ2) is 5.15. The van der Waals surface area contributed by atoms with Crippen molar-refractivity contribution in [1.82, 2.24) is 0 Å². The average Bonchev–Trinajstić information content (AvgIpc) is 2.23. The third kappa shape index (κ3) is 3.82. The Morgan fingerprint density at radius 1 is 0.619 bits per heavy atom. The van der Waals surface area contributed by atoms with Crippen LogP contribution in [0.25, 0.3) is 0 Å². The number of benzene rings is 1. The molecule has 12 heteroatoms. The lowest BCUT2D eigenvalue weighted by Gasteiger charge is -2.31. The van der Waals surface area contributed by atoms with Gasteiger partial charge in [-0.2, -0.15) is 4.90 Å². The molecule has 21 heavy (non-hydrogen) atoms. The van der Waals surface area contributed by atoms with Crippen LogP contribution in [0.4, 0.5) is 55.4 Å². The standard InChI is InChI=1S/C9H4F10N2/c10-7(11,12)20(8(13,14)15)5-3-1-2-4-6(5)21(19)9(16,17)18/h1-4H. The third-order valence-corrected chi connectivity index (χ3v) is 2.06. The highest BCUT2D eigenvalue weighted by atomic mass is 19.4. The highest BCUT2D eigenvalue weighted by Gasteiger charge is 2.55. The molecule has 0 aliphatic rings. The van der Waals surface area contributed by atoms with Gasteiger partial charge >= 0.3 is 18.9 Å². The van der Waals surface area contributed by atoms with Crippen LogP contribution in [-0.4, -0.2) is 18.9 Å².